The number of aryl methyl sites for hydroxylation is 2. The van der Waals surface area contributed by atoms with Crippen LogP contribution in [-0.2, 0) is 4.79 Å². The monoisotopic (exact) mass is 360 g/mol. The Kier molecular flexibility index (Phi) is 6.37. The number of ether oxygens (including phenoxy) is 1. The number of nitrogens with zero attached hydrogens (tertiary/aromatic N) is 2. The number of halogens is 2. The third-order valence-corrected chi connectivity index (χ3v) is 3.81. The third-order valence-electron chi connectivity index (χ3n) is 3.52. The van der Waals surface area contributed by atoms with Crippen LogP contribution in [0.15, 0.2) is 36.4 Å². The van der Waals surface area contributed by atoms with Crippen molar-refractivity contribution in [3.05, 3.63) is 58.4 Å². The Morgan fingerprint density at radius 2 is 1.92 bits per heavy atom. The summed E-state index contributed by atoms with van der Waals surface area (Å²) in [5, 5.41) is 8.78. The Labute approximate surface area is 151 Å². The van der Waals surface area contributed by atoms with Gasteiger partial charge in [-0.15, -0.1) is 0 Å². The maximum absolute atomic E-state index is 13.2. The van der Waals surface area contributed by atoms with Crippen LogP contribution in [0.1, 0.15) is 17.5 Å². The molecule has 0 saturated carbocycles. The molecule has 0 radical (unpaired) electrons. The number of carbonyl (C=O) groups excluding carboxylic acids is 1. The van der Waals surface area contributed by atoms with Crippen molar-refractivity contribution < 1.29 is 13.9 Å². The molecule has 0 spiro atoms. The van der Waals surface area contributed by atoms with Crippen LogP contribution in [0, 0.1) is 31.0 Å². The predicted molar refractivity (Wildman–Crippen MR) is 95.4 cm³/mol. The topological polar surface area (TPSA) is 53.3 Å². The summed E-state index contributed by atoms with van der Waals surface area (Å²) in [5.74, 6) is -0.535. The largest absolute Gasteiger partial charge is 0.484 e. The summed E-state index contributed by atoms with van der Waals surface area (Å²) < 4.78 is 18.6. The van der Waals surface area contributed by atoms with Crippen LogP contribution in [0.4, 0.5) is 10.1 Å². The van der Waals surface area contributed by atoms with Gasteiger partial charge in [-0.2, -0.15) is 5.26 Å². The number of hydrogen-bond donors (Lipinski definition) is 0. The zero-order valence-electron chi connectivity index (χ0n) is 14.1. The zero-order valence-corrected chi connectivity index (χ0v) is 14.8. The second-order valence-corrected chi connectivity index (χ2v) is 6.07. The Hall–Kier alpha value is -2.58. The molecule has 0 aliphatic heterocycles. The van der Waals surface area contributed by atoms with E-state index in [4.69, 9.17) is 21.6 Å². The van der Waals surface area contributed by atoms with Crippen molar-refractivity contribution >= 4 is 23.2 Å². The molecule has 0 unspecified atom stereocenters. The Morgan fingerprint density at radius 1 is 1.24 bits per heavy atom. The van der Waals surface area contributed by atoms with Gasteiger partial charge in [-0.25, -0.2) is 4.39 Å². The lowest BCUT2D eigenvalue weighted by molar-refractivity contribution is -0.120. The molecule has 0 fully saturated rings. The number of carbonyl (C=O) groups is 1. The average molecular weight is 361 g/mol. The van der Waals surface area contributed by atoms with E-state index in [0.717, 1.165) is 16.8 Å². The quantitative estimate of drug-likeness (QED) is 0.766. The highest BCUT2D eigenvalue weighted by molar-refractivity contribution is 6.30. The number of rotatable bonds is 6. The molecule has 2 aromatic rings. The first-order valence-electron chi connectivity index (χ1n) is 7.74. The summed E-state index contributed by atoms with van der Waals surface area (Å²) in [6.07, 6.45) is 0.209. The summed E-state index contributed by atoms with van der Waals surface area (Å²) in [6.45, 7) is 3.92. The van der Waals surface area contributed by atoms with E-state index in [9.17, 15) is 9.18 Å². The number of nitriles is 1. The lowest BCUT2D eigenvalue weighted by Crippen LogP contribution is -2.35. The predicted octanol–water partition coefficient (Wildman–Crippen LogP) is 4.42. The van der Waals surface area contributed by atoms with Gasteiger partial charge in [0.2, 0.25) is 0 Å². The highest BCUT2D eigenvalue weighted by Gasteiger charge is 2.17. The van der Waals surface area contributed by atoms with Gasteiger partial charge in [-0.3, -0.25) is 4.79 Å². The van der Waals surface area contributed by atoms with Crippen LogP contribution in [-0.4, -0.2) is 19.1 Å². The fourth-order valence-corrected chi connectivity index (χ4v) is 2.63. The molecule has 4 nitrogen and oxygen atoms in total. The van der Waals surface area contributed by atoms with Gasteiger partial charge in [0.1, 0.15) is 11.6 Å². The molecule has 1 amide bonds. The molecule has 130 valence electrons. The minimum absolute atomic E-state index is 0.0689. The molecule has 0 saturated heterocycles. The summed E-state index contributed by atoms with van der Waals surface area (Å²) in [5.41, 5.74) is 2.77. The first kappa shape index (κ1) is 18.8. The molecule has 0 aromatic heterocycles. The SMILES string of the molecule is Cc1cc(C)cc(N(CCC#N)C(=O)COc2ccc(F)c(Cl)c2)c1. The van der Waals surface area contributed by atoms with Crippen molar-refractivity contribution in [3.63, 3.8) is 0 Å². The van der Waals surface area contributed by atoms with Crippen molar-refractivity contribution in [2.24, 2.45) is 0 Å². The van der Waals surface area contributed by atoms with Crippen molar-refractivity contribution in [2.75, 3.05) is 18.1 Å². The number of anilines is 1. The molecule has 0 bridgehead atoms. The standard InChI is InChI=1S/C19H18ClFN2O2/c1-13-8-14(2)10-15(9-13)23(7-3-6-22)19(24)12-25-16-4-5-18(21)17(20)11-16/h4-5,8-11H,3,7,12H2,1-2H3. The van der Waals surface area contributed by atoms with E-state index in [1.54, 1.807) is 0 Å². The third kappa shape index (κ3) is 5.20. The average Bonchev–Trinajstić information content (AvgIpc) is 2.55. The normalized spacial score (nSPS) is 10.2. The van der Waals surface area contributed by atoms with Gasteiger partial charge in [0.15, 0.2) is 6.61 Å². The van der Waals surface area contributed by atoms with Gasteiger partial charge < -0.3 is 9.64 Å². The van der Waals surface area contributed by atoms with E-state index < -0.39 is 5.82 Å². The highest BCUT2D eigenvalue weighted by atomic mass is 35.5. The van der Waals surface area contributed by atoms with Crippen LogP contribution >= 0.6 is 11.6 Å². The van der Waals surface area contributed by atoms with Gasteiger partial charge in [0.25, 0.3) is 5.91 Å². The first-order valence-corrected chi connectivity index (χ1v) is 8.12. The molecule has 2 rings (SSSR count). The maximum Gasteiger partial charge on any atom is 0.264 e. The molecule has 0 aliphatic rings. The summed E-state index contributed by atoms with van der Waals surface area (Å²) in [4.78, 5) is 14.1. The second kappa shape index (κ2) is 8.50. The summed E-state index contributed by atoms with van der Waals surface area (Å²) >= 11 is 5.70. The van der Waals surface area contributed by atoms with E-state index in [1.165, 1.54) is 23.1 Å². The van der Waals surface area contributed by atoms with E-state index in [0.29, 0.717) is 5.75 Å². The van der Waals surface area contributed by atoms with Gasteiger partial charge in [-0.05, 0) is 49.2 Å². The van der Waals surface area contributed by atoms with Crippen LogP contribution < -0.4 is 9.64 Å². The van der Waals surface area contributed by atoms with Gasteiger partial charge >= 0.3 is 0 Å². The lowest BCUT2D eigenvalue weighted by Gasteiger charge is -2.23. The van der Waals surface area contributed by atoms with Crippen LogP contribution in [0.3, 0.4) is 0 Å². The molecule has 0 N–H and O–H groups in total. The van der Waals surface area contributed by atoms with Gasteiger partial charge in [0, 0.05) is 18.3 Å². The van der Waals surface area contributed by atoms with E-state index in [1.807, 2.05) is 38.1 Å². The van der Waals surface area contributed by atoms with Crippen molar-refractivity contribution in [1.82, 2.24) is 0 Å². The summed E-state index contributed by atoms with van der Waals surface area (Å²) in [6, 6.07) is 11.7. The number of amides is 1. The fraction of sp³-hybridized carbons (Fsp3) is 0.263. The Balaban J connectivity index is 2.15. The molecule has 0 heterocycles. The van der Waals surface area contributed by atoms with Crippen LogP contribution in [0.5, 0.6) is 5.75 Å². The maximum atomic E-state index is 13.2. The lowest BCUT2D eigenvalue weighted by atomic mass is 10.1. The van der Waals surface area contributed by atoms with Gasteiger partial charge in [-0.1, -0.05) is 17.7 Å². The molecule has 0 aliphatic carbocycles. The van der Waals surface area contributed by atoms with Crippen molar-refractivity contribution in [2.45, 2.75) is 20.3 Å². The number of benzene rings is 2. The Bertz CT molecular complexity index is 797. The minimum atomic E-state index is -0.550. The molecule has 0 atom stereocenters. The summed E-state index contributed by atoms with van der Waals surface area (Å²) in [7, 11) is 0. The first-order chi connectivity index (χ1) is 11.9. The van der Waals surface area contributed by atoms with E-state index >= 15 is 0 Å². The zero-order chi connectivity index (χ0) is 18.4. The van der Waals surface area contributed by atoms with Crippen LogP contribution in [0.25, 0.3) is 0 Å². The van der Waals surface area contributed by atoms with Crippen molar-refractivity contribution in [3.8, 4) is 11.8 Å². The van der Waals surface area contributed by atoms with Gasteiger partial charge in [0.05, 0.1) is 17.5 Å². The Morgan fingerprint density at radius 3 is 2.52 bits per heavy atom. The molecule has 6 heteroatoms. The second-order valence-electron chi connectivity index (χ2n) is 5.66. The molecule has 2 aromatic carbocycles. The number of hydrogen-bond acceptors (Lipinski definition) is 3. The minimum Gasteiger partial charge on any atom is -0.484 e. The smallest absolute Gasteiger partial charge is 0.264 e. The fourth-order valence-electron chi connectivity index (χ4n) is 2.46. The van der Waals surface area contributed by atoms with E-state index in [-0.39, 0.29) is 30.5 Å². The van der Waals surface area contributed by atoms with Crippen LogP contribution in [0.2, 0.25) is 5.02 Å². The molecule has 25 heavy (non-hydrogen) atoms. The molecular formula is C19H18ClFN2O2. The molecular weight excluding hydrogens is 343 g/mol. The van der Waals surface area contributed by atoms with Crippen molar-refractivity contribution in [1.29, 1.82) is 5.26 Å². The highest BCUT2D eigenvalue weighted by Crippen LogP contribution is 2.22. The van der Waals surface area contributed by atoms with E-state index in [2.05, 4.69) is 0 Å².